The summed E-state index contributed by atoms with van der Waals surface area (Å²) < 4.78 is 4.95. The second-order valence-corrected chi connectivity index (χ2v) is 4.80. The van der Waals surface area contributed by atoms with Crippen LogP contribution in [0.4, 0.5) is 0 Å². The fourth-order valence-electron chi connectivity index (χ4n) is 2.72. The van der Waals surface area contributed by atoms with E-state index in [1.807, 2.05) is 6.92 Å². The fourth-order valence-corrected chi connectivity index (χ4v) is 2.72. The Morgan fingerprint density at radius 2 is 2.35 bits per heavy atom. The van der Waals surface area contributed by atoms with Crippen molar-refractivity contribution in [2.75, 3.05) is 26.2 Å². The zero-order valence-electron chi connectivity index (χ0n) is 10.3. The van der Waals surface area contributed by atoms with E-state index in [0.717, 1.165) is 25.9 Å². The van der Waals surface area contributed by atoms with Gasteiger partial charge in [-0.2, -0.15) is 0 Å². The van der Waals surface area contributed by atoms with Gasteiger partial charge in [0.15, 0.2) is 0 Å². The summed E-state index contributed by atoms with van der Waals surface area (Å²) in [5.74, 6) is 0.520. The highest BCUT2D eigenvalue weighted by molar-refractivity contribution is 5.77. The minimum Gasteiger partial charge on any atom is -0.465 e. The van der Waals surface area contributed by atoms with E-state index < -0.39 is 0 Å². The Balaban J connectivity index is 1.81. The van der Waals surface area contributed by atoms with E-state index in [2.05, 4.69) is 10.2 Å². The lowest BCUT2D eigenvalue weighted by atomic mass is 9.85. The van der Waals surface area contributed by atoms with Crippen molar-refractivity contribution < 1.29 is 14.3 Å². The molecule has 0 aromatic rings. The number of amides is 1. The molecule has 0 bridgehead atoms. The average Bonchev–Trinajstić information content (AvgIpc) is 2.29. The molecule has 0 aromatic carbocycles. The number of likely N-dealkylation sites (tertiary alicyclic amines) is 1. The number of hydrogen-bond acceptors (Lipinski definition) is 4. The van der Waals surface area contributed by atoms with Crippen LogP contribution in [0.5, 0.6) is 0 Å². The highest BCUT2D eigenvalue weighted by atomic mass is 16.5. The van der Waals surface area contributed by atoms with Gasteiger partial charge in [0.1, 0.15) is 0 Å². The van der Waals surface area contributed by atoms with Gasteiger partial charge in [0.2, 0.25) is 5.91 Å². The van der Waals surface area contributed by atoms with Crippen molar-refractivity contribution in [3.8, 4) is 0 Å². The van der Waals surface area contributed by atoms with Gasteiger partial charge in [0, 0.05) is 25.6 Å². The van der Waals surface area contributed by atoms with E-state index >= 15 is 0 Å². The van der Waals surface area contributed by atoms with Crippen molar-refractivity contribution in [2.24, 2.45) is 5.92 Å². The first-order chi connectivity index (χ1) is 8.19. The molecule has 2 heterocycles. The van der Waals surface area contributed by atoms with Crippen molar-refractivity contribution in [1.29, 1.82) is 0 Å². The summed E-state index contributed by atoms with van der Waals surface area (Å²) in [6.07, 6.45) is 2.50. The van der Waals surface area contributed by atoms with E-state index in [0.29, 0.717) is 31.5 Å². The number of ether oxygens (including phenoxy) is 1. The van der Waals surface area contributed by atoms with Gasteiger partial charge in [-0.25, -0.2) is 0 Å². The molecule has 5 nitrogen and oxygen atoms in total. The van der Waals surface area contributed by atoms with E-state index in [1.54, 1.807) is 0 Å². The number of piperidine rings is 2. The van der Waals surface area contributed by atoms with E-state index in [9.17, 15) is 9.59 Å². The van der Waals surface area contributed by atoms with Crippen molar-refractivity contribution in [2.45, 2.75) is 32.2 Å². The Bertz CT molecular complexity index is 306. The molecule has 17 heavy (non-hydrogen) atoms. The summed E-state index contributed by atoms with van der Waals surface area (Å²) in [6, 6.07) is 0.315. The van der Waals surface area contributed by atoms with Crippen LogP contribution in [0.15, 0.2) is 0 Å². The summed E-state index contributed by atoms with van der Waals surface area (Å²) in [4.78, 5) is 24.8. The predicted molar refractivity (Wildman–Crippen MR) is 62.3 cm³/mol. The minimum absolute atomic E-state index is 0.147. The van der Waals surface area contributed by atoms with Crippen LogP contribution in [-0.4, -0.2) is 49.1 Å². The van der Waals surface area contributed by atoms with Gasteiger partial charge in [0.25, 0.3) is 0 Å². The lowest BCUT2D eigenvalue weighted by Gasteiger charge is -2.40. The third-order valence-electron chi connectivity index (χ3n) is 3.56. The summed E-state index contributed by atoms with van der Waals surface area (Å²) in [5, 5.41) is 3.04. The van der Waals surface area contributed by atoms with Gasteiger partial charge in [-0.1, -0.05) is 0 Å². The van der Waals surface area contributed by atoms with Crippen LogP contribution in [0.25, 0.3) is 0 Å². The Hall–Kier alpha value is -1.10. The molecule has 0 spiro atoms. The monoisotopic (exact) mass is 240 g/mol. The molecule has 1 amide bonds. The lowest BCUT2D eigenvalue weighted by molar-refractivity contribution is -0.145. The summed E-state index contributed by atoms with van der Waals surface area (Å²) in [6.45, 7) is 4.39. The highest BCUT2D eigenvalue weighted by Crippen LogP contribution is 2.25. The van der Waals surface area contributed by atoms with Gasteiger partial charge in [0.05, 0.1) is 13.2 Å². The largest absolute Gasteiger partial charge is 0.465 e. The zero-order valence-corrected chi connectivity index (χ0v) is 10.3. The summed E-state index contributed by atoms with van der Waals surface area (Å²) in [5.41, 5.74) is 0. The molecule has 2 aliphatic rings. The maximum atomic E-state index is 11.4. The first-order valence-electron chi connectivity index (χ1n) is 6.36. The van der Waals surface area contributed by atoms with Crippen molar-refractivity contribution >= 4 is 11.9 Å². The zero-order chi connectivity index (χ0) is 12.3. The molecule has 2 fully saturated rings. The van der Waals surface area contributed by atoms with Crippen LogP contribution in [0.3, 0.4) is 0 Å². The van der Waals surface area contributed by atoms with E-state index in [-0.39, 0.29) is 11.9 Å². The molecular weight excluding hydrogens is 220 g/mol. The van der Waals surface area contributed by atoms with Crippen LogP contribution in [0.1, 0.15) is 26.2 Å². The van der Waals surface area contributed by atoms with Gasteiger partial charge < -0.3 is 10.1 Å². The molecule has 2 atom stereocenters. The molecule has 0 saturated carbocycles. The molecular formula is C12H20N2O3. The van der Waals surface area contributed by atoms with Crippen molar-refractivity contribution in [1.82, 2.24) is 10.2 Å². The average molecular weight is 240 g/mol. The van der Waals surface area contributed by atoms with Crippen LogP contribution in [0, 0.1) is 5.92 Å². The number of carbonyl (C=O) groups is 2. The number of fused-ring (bicyclic) bond motifs is 1. The quantitative estimate of drug-likeness (QED) is 0.713. The van der Waals surface area contributed by atoms with Gasteiger partial charge in [-0.05, 0) is 25.7 Å². The number of nitrogens with zero attached hydrogens (tertiary/aromatic N) is 1. The third-order valence-corrected chi connectivity index (χ3v) is 3.56. The molecule has 2 saturated heterocycles. The Labute approximate surface area is 101 Å². The van der Waals surface area contributed by atoms with E-state index in [4.69, 9.17) is 4.74 Å². The van der Waals surface area contributed by atoms with E-state index in [1.165, 1.54) is 0 Å². The van der Waals surface area contributed by atoms with Crippen molar-refractivity contribution in [3.63, 3.8) is 0 Å². The first kappa shape index (κ1) is 12.4. The molecule has 2 unspecified atom stereocenters. The Morgan fingerprint density at radius 3 is 3.12 bits per heavy atom. The summed E-state index contributed by atoms with van der Waals surface area (Å²) >= 11 is 0. The highest BCUT2D eigenvalue weighted by Gasteiger charge is 2.34. The third kappa shape index (κ3) is 3.19. The molecule has 0 aromatic heterocycles. The van der Waals surface area contributed by atoms with Gasteiger partial charge >= 0.3 is 5.97 Å². The number of rotatable bonds is 3. The molecule has 5 heteroatoms. The van der Waals surface area contributed by atoms with Gasteiger partial charge in [-0.15, -0.1) is 0 Å². The maximum absolute atomic E-state index is 11.4. The Morgan fingerprint density at radius 1 is 1.53 bits per heavy atom. The topological polar surface area (TPSA) is 58.6 Å². The normalized spacial score (nSPS) is 29.4. The van der Waals surface area contributed by atoms with Crippen LogP contribution in [0.2, 0.25) is 0 Å². The lowest BCUT2D eigenvalue weighted by Crippen LogP contribution is -2.54. The fraction of sp³-hybridized carbons (Fsp3) is 0.833. The van der Waals surface area contributed by atoms with Crippen molar-refractivity contribution in [3.05, 3.63) is 0 Å². The molecule has 1 N–H and O–H groups in total. The Kier molecular flexibility index (Phi) is 3.99. The number of esters is 1. The predicted octanol–water partition coefficient (Wildman–Crippen LogP) is 0.150. The number of carbonyl (C=O) groups excluding carboxylic acids is 2. The number of nitrogens with one attached hydrogen (secondary N) is 1. The second-order valence-electron chi connectivity index (χ2n) is 4.80. The molecule has 2 aliphatic heterocycles. The summed E-state index contributed by atoms with van der Waals surface area (Å²) in [7, 11) is 0. The molecule has 2 rings (SSSR count). The standard InChI is InChI=1S/C12H20N2O3/c1-2-17-12(16)8-14-6-5-10-9(7-14)3-4-11(15)13-10/h9-10H,2-8H2,1H3,(H,13,15). The van der Waals surface area contributed by atoms with Crippen LogP contribution >= 0.6 is 0 Å². The minimum atomic E-state index is -0.147. The smallest absolute Gasteiger partial charge is 0.320 e. The molecule has 0 radical (unpaired) electrons. The number of hydrogen-bond donors (Lipinski definition) is 1. The van der Waals surface area contributed by atoms with Crippen LogP contribution < -0.4 is 5.32 Å². The van der Waals surface area contributed by atoms with Crippen LogP contribution in [-0.2, 0) is 14.3 Å². The molecule has 0 aliphatic carbocycles. The van der Waals surface area contributed by atoms with Gasteiger partial charge in [-0.3, -0.25) is 14.5 Å². The second kappa shape index (κ2) is 5.49. The molecule has 96 valence electrons. The maximum Gasteiger partial charge on any atom is 0.320 e. The SMILES string of the molecule is CCOC(=O)CN1CCC2NC(=O)CCC2C1. The first-order valence-corrected chi connectivity index (χ1v) is 6.36.